The van der Waals surface area contributed by atoms with Crippen molar-refractivity contribution in [3.63, 3.8) is 0 Å². The number of aliphatic hydroxyl groups is 1. The van der Waals surface area contributed by atoms with E-state index in [9.17, 15) is 15.0 Å². The number of phenols is 1. The highest BCUT2D eigenvalue weighted by Crippen LogP contribution is 2.34. The first kappa shape index (κ1) is 11.1. The standard InChI is InChI=1S/C13H16O3/c1-8(15)11-6-9-4-2-3-5-10(9)12(7-14)13(11)16/h6,14,16H,2-5,7H2,1H3. The number of hydrogen-bond acceptors (Lipinski definition) is 3. The highest BCUT2D eigenvalue weighted by Gasteiger charge is 2.20. The van der Waals surface area contributed by atoms with Gasteiger partial charge in [-0.05, 0) is 49.8 Å². The molecule has 0 spiro atoms. The van der Waals surface area contributed by atoms with Crippen LogP contribution < -0.4 is 0 Å². The molecule has 0 heterocycles. The Morgan fingerprint density at radius 3 is 2.69 bits per heavy atom. The Balaban J connectivity index is 2.64. The first-order valence-corrected chi connectivity index (χ1v) is 5.63. The van der Waals surface area contributed by atoms with Gasteiger partial charge in [0.2, 0.25) is 0 Å². The molecule has 0 amide bonds. The van der Waals surface area contributed by atoms with Crippen LogP contribution in [0.5, 0.6) is 5.75 Å². The van der Waals surface area contributed by atoms with Gasteiger partial charge in [-0.15, -0.1) is 0 Å². The number of aromatic hydroxyl groups is 1. The zero-order chi connectivity index (χ0) is 11.7. The number of aliphatic hydroxyl groups excluding tert-OH is 1. The Morgan fingerprint density at radius 1 is 1.38 bits per heavy atom. The summed E-state index contributed by atoms with van der Waals surface area (Å²) in [6, 6.07) is 1.78. The van der Waals surface area contributed by atoms with E-state index < -0.39 is 0 Å². The van der Waals surface area contributed by atoms with E-state index in [-0.39, 0.29) is 18.1 Å². The lowest BCUT2D eigenvalue weighted by atomic mass is 9.85. The molecule has 0 unspecified atom stereocenters. The van der Waals surface area contributed by atoms with Crippen LogP contribution in [0.2, 0.25) is 0 Å². The van der Waals surface area contributed by atoms with E-state index in [1.165, 1.54) is 6.92 Å². The molecule has 0 bridgehead atoms. The van der Waals surface area contributed by atoms with Crippen LogP contribution in [0.1, 0.15) is 46.8 Å². The second-order valence-corrected chi connectivity index (χ2v) is 4.31. The van der Waals surface area contributed by atoms with Gasteiger partial charge >= 0.3 is 0 Å². The van der Waals surface area contributed by atoms with Crippen LogP contribution in [0.4, 0.5) is 0 Å². The zero-order valence-electron chi connectivity index (χ0n) is 9.42. The summed E-state index contributed by atoms with van der Waals surface area (Å²) in [5.41, 5.74) is 3.03. The van der Waals surface area contributed by atoms with Gasteiger partial charge in [-0.25, -0.2) is 0 Å². The van der Waals surface area contributed by atoms with Crippen molar-refractivity contribution in [3.8, 4) is 5.75 Å². The van der Waals surface area contributed by atoms with Gasteiger partial charge < -0.3 is 10.2 Å². The monoisotopic (exact) mass is 220 g/mol. The van der Waals surface area contributed by atoms with Crippen molar-refractivity contribution in [2.45, 2.75) is 39.2 Å². The average molecular weight is 220 g/mol. The van der Waals surface area contributed by atoms with Gasteiger partial charge in [-0.1, -0.05) is 0 Å². The smallest absolute Gasteiger partial charge is 0.163 e. The number of hydrogen-bond donors (Lipinski definition) is 2. The number of ketones is 1. The molecule has 0 atom stereocenters. The summed E-state index contributed by atoms with van der Waals surface area (Å²) in [5, 5.41) is 19.2. The molecule has 0 saturated heterocycles. The topological polar surface area (TPSA) is 57.5 Å². The number of aryl methyl sites for hydroxylation is 1. The molecule has 3 nitrogen and oxygen atoms in total. The molecule has 0 aromatic heterocycles. The predicted octanol–water partition coefficient (Wildman–Crippen LogP) is 1.97. The molecule has 0 radical (unpaired) electrons. The maximum absolute atomic E-state index is 11.4. The summed E-state index contributed by atoms with van der Waals surface area (Å²) in [5.74, 6) is -0.184. The molecular weight excluding hydrogens is 204 g/mol. The molecule has 1 aliphatic carbocycles. The van der Waals surface area contributed by atoms with Gasteiger partial charge in [0.1, 0.15) is 5.75 Å². The quantitative estimate of drug-likeness (QED) is 0.749. The highest BCUT2D eigenvalue weighted by atomic mass is 16.3. The lowest BCUT2D eigenvalue weighted by Gasteiger charge is -2.21. The van der Waals surface area contributed by atoms with E-state index in [1.807, 2.05) is 0 Å². The van der Waals surface area contributed by atoms with Crippen LogP contribution >= 0.6 is 0 Å². The molecule has 2 N–H and O–H groups in total. The summed E-state index contributed by atoms with van der Waals surface area (Å²) < 4.78 is 0. The molecular formula is C13H16O3. The Morgan fingerprint density at radius 2 is 2.06 bits per heavy atom. The second kappa shape index (κ2) is 4.26. The van der Waals surface area contributed by atoms with Crippen LogP contribution in [0, 0.1) is 0 Å². The van der Waals surface area contributed by atoms with Crippen LogP contribution in [-0.4, -0.2) is 16.0 Å². The predicted molar refractivity (Wildman–Crippen MR) is 60.7 cm³/mol. The van der Waals surface area contributed by atoms with Gasteiger partial charge in [0.05, 0.1) is 12.2 Å². The third-order valence-electron chi connectivity index (χ3n) is 3.27. The average Bonchev–Trinajstić information content (AvgIpc) is 2.28. The normalized spacial score (nSPS) is 14.6. The van der Waals surface area contributed by atoms with E-state index in [0.717, 1.165) is 36.8 Å². The number of Topliss-reactive ketones (excluding diaryl/α,β-unsaturated/α-hetero) is 1. The van der Waals surface area contributed by atoms with Crippen LogP contribution in [0.25, 0.3) is 0 Å². The van der Waals surface area contributed by atoms with Crippen molar-refractivity contribution < 1.29 is 15.0 Å². The molecule has 16 heavy (non-hydrogen) atoms. The molecule has 1 aromatic rings. The molecule has 3 heteroatoms. The van der Waals surface area contributed by atoms with Crippen molar-refractivity contribution in [1.82, 2.24) is 0 Å². The van der Waals surface area contributed by atoms with Gasteiger partial charge in [0, 0.05) is 5.56 Å². The van der Waals surface area contributed by atoms with Gasteiger partial charge in [0.15, 0.2) is 5.78 Å². The largest absolute Gasteiger partial charge is 0.507 e. The summed E-state index contributed by atoms with van der Waals surface area (Å²) in [7, 11) is 0. The fourth-order valence-electron chi connectivity index (χ4n) is 2.42. The van der Waals surface area contributed by atoms with E-state index >= 15 is 0 Å². The van der Waals surface area contributed by atoms with Gasteiger partial charge in [0.25, 0.3) is 0 Å². The lowest BCUT2D eigenvalue weighted by molar-refractivity contribution is 0.101. The van der Waals surface area contributed by atoms with E-state index in [1.54, 1.807) is 6.07 Å². The first-order chi connectivity index (χ1) is 7.65. The fourth-order valence-corrected chi connectivity index (χ4v) is 2.42. The van der Waals surface area contributed by atoms with E-state index in [4.69, 9.17) is 0 Å². The maximum atomic E-state index is 11.4. The van der Waals surface area contributed by atoms with E-state index in [0.29, 0.717) is 11.1 Å². The number of carbonyl (C=O) groups excluding carboxylic acids is 1. The Labute approximate surface area is 94.7 Å². The minimum absolute atomic E-state index is 0.0318. The molecule has 86 valence electrons. The van der Waals surface area contributed by atoms with Crippen LogP contribution in [0.3, 0.4) is 0 Å². The zero-order valence-corrected chi connectivity index (χ0v) is 9.42. The first-order valence-electron chi connectivity index (χ1n) is 5.63. The van der Waals surface area contributed by atoms with Gasteiger partial charge in [-0.2, -0.15) is 0 Å². The van der Waals surface area contributed by atoms with Crippen molar-refractivity contribution >= 4 is 5.78 Å². The van der Waals surface area contributed by atoms with Crippen molar-refractivity contribution in [1.29, 1.82) is 0 Å². The van der Waals surface area contributed by atoms with Crippen molar-refractivity contribution in [2.75, 3.05) is 0 Å². The number of rotatable bonds is 2. The Bertz CT molecular complexity index is 435. The molecule has 0 aliphatic heterocycles. The Kier molecular flexibility index (Phi) is 2.97. The van der Waals surface area contributed by atoms with Gasteiger partial charge in [-0.3, -0.25) is 4.79 Å². The Hall–Kier alpha value is -1.35. The minimum Gasteiger partial charge on any atom is -0.507 e. The number of fused-ring (bicyclic) bond motifs is 1. The molecule has 2 rings (SSSR count). The lowest BCUT2D eigenvalue weighted by Crippen LogP contribution is -2.10. The summed E-state index contributed by atoms with van der Waals surface area (Å²) in [6.07, 6.45) is 4.01. The minimum atomic E-state index is -0.199. The number of carbonyl (C=O) groups is 1. The summed E-state index contributed by atoms with van der Waals surface area (Å²) >= 11 is 0. The SMILES string of the molecule is CC(=O)c1cc2c(c(CO)c1O)CCCC2. The van der Waals surface area contributed by atoms with Crippen molar-refractivity contribution in [3.05, 3.63) is 28.3 Å². The molecule has 0 saturated carbocycles. The second-order valence-electron chi connectivity index (χ2n) is 4.31. The third-order valence-corrected chi connectivity index (χ3v) is 3.27. The fraction of sp³-hybridized carbons (Fsp3) is 0.462. The van der Waals surface area contributed by atoms with Crippen LogP contribution in [0.15, 0.2) is 6.07 Å². The molecule has 0 fully saturated rings. The summed E-state index contributed by atoms with van der Waals surface area (Å²) in [6.45, 7) is 1.24. The molecule has 1 aliphatic rings. The number of benzene rings is 1. The highest BCUT2D eigenvalue weighted by molar-refractivity contribution is 5.97. The summed E-state index contributed by atoms with van der Waals surface area (Å²) in [4.78, 5) is 11.4. The van der Waals surface area contributed by atoms with Crippen LogP contribution in [-0.2, 0) is 19.4 Å². The maximum Gasteiger partial charge on any atom is 0.163 e. The molecule has 1 aromatic carbocycles. The third kappa shape index (κ3) is 1.71. The van der Waals surface area contributed by atoms with Crippen molar-refractivity contribution in [2.24, 2.45) is 0 Å². The van der Waals surface area contributed by atoms with E-state index in [2.05, 4.69) is 0 Å².